The lowest BCUT2D eigenvalue weighted by molar-refractivity contribution is -0.119. The Morgan fingerprint density at radius 2 is 1.86 bits per heavy atom. The molecule has 1 aliphatic heterocycles. The van der Waals surface area contributed by atoms with Gasteiger partial charge in [-0.3, -0.25) is 14.7 Å². The van der Waals surface area contributed by atoms with E-state index in [1.54, 1.807) is 0 Å². The van der Waals surface area contributed by atoms with Crippen molar-refractivity contribution in [1.82, 2.24) is 20.1 Å². The highest BCUT2D eigenvalue weighted by atomic mass is 16.1. The maximum absolute atomic E-state index is 12.1. The maximum Gasteiger partial charge on any atom is 0.141 e. The molecule has 142 valence electrons. The highest BCUT2D eigenvalue weighted by Crippen LogP contribution is 2.31. The number of rotatable bonds is 6. The minimum Gasteiger partial charge on any atom is -0.299 e. The molecule has 0 spiro atoms. The zero-order chi connectivity index (χ0) is 18.9. The highest BCUT2D eigenvalue weighted by Gasteiger charge is 2.29. The Morgan fingerprint density at radius 3 is 2.68 bits per heavy atom. The zero-order valence-corrected chi connectivity index (χ0v) is 16.0. The highest BCUT2D eigenvalue weighted by molar-refractivity contribution is 5.87. The smallest absolute Gasteiger partial charge is 0.141 e. The Balaban J connectivity index is 1.41. The largest absolute Gasteiger partial charge is 0.299 e. The van der Waals surface area contributed by atoms with Crippen LogP contribution in [0.15, 0.2) is 42.7 Å². The number of nitrogens with zero attached hydrogens (tertiary/aromatic N) is 4. The third kappa shape index (κ3) is 3.80. The number of aromatic nitrogens is 3. The molecule has 28 heavy (non-hydrogen) atoms. The monoisotopic (exact) mass is 372 g/mol. The van der Waals surface area contributed by atoms with E-state index in [0.29, 0.717) is 12.2 Å². The first kappa shape index (κ1) is 17.4. The van der Waals surface area contributed by atoms with Crippen molar-refractivity contribution in [3.05, 3.63) is 54.0 Å². The molecule has 0 radical (unpaired) electrons. The van der Waals surface area contributed by atoms with Crippen LogP contribution >= 0.6 is 0 Å². The van der Waals surface area contributed by atoms with Crippen LogP contribution in [0.4, 0.5) is 0 Å². The first-order valence-electron chi connectivity index (χ1n) is 10.2. The molecule has 1 saturated heterocycles. The second-order valence-electron chi connectivity index (χ2n) is 8.09. The van der Waals surface area contributed by atoms with Crippen molar-refractivity contribution in [2.45, 2.75) is 38.6 Å². The van der Waals surface area contributed by atoms with E-state index in [4.69, 9.17) is 0 Å². The summed E-state index contributed by atoms with van der Waals surface area (Å²) in [6.45, 7) is 3.33. The van der Waals surface area contributed by atoms with Crippen molar-refractivity contribution < 1.29 is 4.79 Å². The predicted octanol–water partition coefficient (Wildman–Crippen LogP) is 3.81. The zero-order valence-electron chi connectivity index (χ0n) is 16.0. The van der Waals surface area contributed by atoms with Crippen molar-refractivity contribution in [3.63, 3.8) is 0 Å². The molecule has 5 heteroatoms. The molecule has 2 fully saturated rings. The molecule has 5 nitrogen and oxygen atoms in total. The summed E-state index contributed by atoms with van der Waals surface area (Å²) in [6, 6.07) is 10.4. The van der Waals surface area contributed by atoms with Gasteiger partial charge in [-0.2, -0.15) is 10.2 Å². The number of benzene rings is 1. The fourth-order valence-corrected chi connectivity index (χ4v) is 4.01. The normalized spacial score (nSPS) is 17.3. The van der Waals surface area contributed by atoms with Crippen LogP contribution in [0.5, 0.6) is 0 Å². The second-order valence-corrected chi connectivity index (χ2v) is 8.09. The lowest BCUT2D eigenvalue weighted by Crippen LogP contribution is -2.18. The van der Waals surface area contributed by atoms with Gasteiger partial charge in [0.15, 0.2) is 0 Å². The average Bonchev–Trinajstić information content (AvgIpc) is 3.45. The molecule has 2 aromatic heterocycles. The van der Waals surface area contributed by atoms with Gasteiger partial charge >= 0.3 is 0 Å². The first-order chi connectivity index (χ1) is 13.7. The summed E-state index contributed by atoms with van der Waals surface area (Å²) < 4.78 is 0. The van der Waals surface area contributed by atoms with E-state index in [1.165, 1.54) is 31.5 Å². The van der Waals surface area contributed by atoms with Crippen molar-refractivity contribution in [2.75, 3.05) is 13.1 Å². The van der Waals surface area contributed by atoms with Gasteiger partial charge in [-0.1, -0.05) is 6.07 Å². The molecule has 0 N–H and O–H groups in total. The average molecular weight is 372 g/mol. The topological polar surface area (TPSA) is 59.0 Å². The first-order valence-corrected chi connectivity index (χ1v) is 10.2. The number of hydrogen-bond acceptors (Lipinski definition) is 5. The van der Waals surface area contributed by atoms with Gasteiger partial charge < -0.3 is 0 Å². The molecule has 1 aromatic carbocycles. The summed E-state index contributed by atoms with van der Waals surface area (Å²) in [5.41, 5.74) is 5.11. The quantitative estimate of drug-likeness (QED) is 0.658. The summed E-state index contributed by atoms with van der Waals surface area (Å²) in [5.74, 6) is 0.553. The van der Waals surface area contributed by atoms with E-state index in [9.17, 15) is 4.79 Å². The molecule has 0 atom stereocenters. The molecule has 0 unspecified atom stereocenters. The van der Waals surface area contributed by atoms with Crippen molar-refractivity contribution >= 4 is 16.7 Å². The number of ketones is 1. The van der Waals surface area contributed by atoms with Crippen LogP contribution in [0.2, 0.25) is 0 Å². The van der Waals surface area contributed by atoms with Crippen LogP contribution in [0, 0.1) is 5.92 Å². The summed E-state index contributed by atoms with van der Waals surface area (Å²) in [7, 11) is 0. The third-order valence-corrected chi connectivity index (χ3v) is 5.76. The molecule has 1 aliphatic carbocycles. The van der Waals surface area contributed by atoms with Gasteiger partial charge in [-0.15, -0.1) is 0 Å². The van der Waals surface area contributed by atoms with Crippen LogP contribution in [0.3, 0.4) is 0 Å². The number of hydrogen-bond donors (Lipinski definition) is 0. The Kier molecular flexibility index (Phi) is 4.61. The van der Waals surface area contributed by atoms with E-state index in [-0.39, 0.29) is 5.92 Å². The van der Waals surface area contributed by atoms with Gasteiger partial charge in [0.25, 0.3) is 0 Å². The molecule has 5 rings (SSSR count). The van der Waals surface area contributed by atoms with Crippen LogP contribution in [0.1, 0.15) is 36.9 Å². The van der Waals surface area contributed by atoms with Gasteiger partial charge in [0, 0.05) is 35.8 Å². The number of Topliss-reactive ketones (excluding diaryl/α,β-unsaturated/α-hetero) is 1. The number of carbonyl (C=O) groups is 1. The van der Waals surface area contributed by atoms with Gasteiger partial charge in [-0.05, 0) is 74.2 Å². The fourth-order valence-electron chi connectivity index (χ4n) is 4.01. The lowest BCUT2D eigenvalue weighted by Gasteiger charge is -2.15. The number of carbonyl (C=O) groups excluding carboxylic acids is 1. The van der Waals surface area contributed by atoms with Crippen molar-refractivity contribution in [3.8, 4) is 11.1 Å². The molecule has 0 bridgehead atoms. The SMILES string of the molecule is O=C(Cc1cc2cc(-c3cncc(CN4CCCC4)c3)ccc2nn1)C1CC1. The Bertz CT molecular complexity index is 1020. The Labute approximate surface area is 164 Å². The fraction of sp³-hybridized carbons (Fsp3) is 0.391. The van der Waals surface area contributed by atoms with Crippen LogP contribution in [0.25, 0.3) is 22.0 Å². The summed E-state index contributed by atoms with van der Waals surface area (Å²) >= 11 is 0. The molecular weight excluding hydrogens is 348 g/mol. The van der Waals surface area contributed by atoms with Gasteiger partial charge in [0.1, 0.15) is 5.78 Å². The van der Waals surface area contributed by atoms with Crippen LogP contribution in [-0.2, 0) is 17.8 Å². The minimum absolute atomic E-state index is 0.258. The van der Waals surface area contributed by atoms with E-state index in [1.807, 2.05) is 24.5 Å². The molecular formula is C23H24N4O. The van der Waals surface area contributed by atoms with Crippen molar-refractivity contribution in [2.24, 2.45) is 5.92 Å². The van der Waals surface area contributed by atoms with Gasteiger partial charge in [0.2, 0.25) is 0 Å². The molecule has 1 saturated carbocycles. The maximum atomic E-state index is 12.1. The number of likely N-dealkylation sites (tertiary alicyclic amines) is 1. The van der Waals surface area contributed by atoms with Crippen LogP contribution < -0.4 is 0 Å². The molecule has 0 amide bonds. The van der Waals surface area contributed by atoms with E-state index in [0.717, 1.165) is 47.1 Å². The summed E-state index contributed by atoms with van der Waals surface area (Å²) in [6.07, 6.45) is 8.94. The molecule has 3 aromatic rings. The van der Waals surface area contributed by atoms with E-state index >= 15 is 0 Å². The number of fused-ring (bicyclic) bond motifs is 1. The summed E-state index contributed by atoms with van der Waals surface area (Å²) in [5, 5.41) is 9.58. The summed E-state index contributed by atoms with van der Waals surface area (Å²) in [4.78, 5) is 19.1. The Hall–Kier alpha value is -2.66. The van der Waals surface area contributed by atoms with E-state index in [2.05, 4.69) is 38.3 Å². The molecule has 3 heterocycles. The second kappa shape index (κ2) is 7.40. The van der Waals surface area contributed by atoms with Crippen molar-refractivity contribution in [1.29, 1.82) is 0 Å². The Morgan fingerprint density at radius 1 is 1.00 bits per heavy atom. The minimum atomic E-state index is 0.258. The predicted molar refractivity (Wildman–Crippen MR) is 109 cm³/mol. The number of pyridine rings is 1. The van der Waals surface area contributed by atoms with Gasteiger partial charge in [0.05, 0.1) is 17.6 Å². The van der Waals surface area contributed by atoms with Crippen LogP contribution in [-0.4, -0.2) is 39.0 Å². The van der Waals surface area contributed by atoms with E-state index < -0.39 is 0 Å². The molecule has 2 aliphatic rings. The lowest BCUT2D eigenvalue weighted by atomic mass is 10.0. The standard InChI is InChI=1S/C23H24N4O/c28-23(17-3-4-17)12-21-11-19-10-18(5-6-22(19)26-25-21)20-9-16(13-24-14-20)15-27-7-1-2-8-27/h5-6,9-11,13-14,17H,1-4,7-8,12,15H2. The van der Waals surface area contributed by atoms with Gasteiger partial charge in [-0.25, -0.2) is 0 Å². The third-order valence-electron chi connectivity index (χ3n) is 5.76.